The van der Waals surface area contributed by atoms with E-state index in [1.54, 1.807) is 62.5 Å². The van der Waals surface area contributed by atoms with Gasteiger partial charge in [0.05, 0.1) is 13.0 Å². The van der Waals surface area contributed by atoms with Gasteiger partial charge in [-0.2, -0.15) is 0 Å². The number of aromatic amines is 1. The van der Waals surface area contributed by atoms with Crippen LogP contribution in [-0.2, 0) is 60.8 Å². The van der Waals surface area contributed by atoms with Gasteiger partial charge in [-0.05, 0) is 74.1 Å². The number of aliphatic carboxylic acids is 2. The molecule has 0 spiro atoms. The fraction of sp³-hybridized carbons (Fsp3) is 0.388. The lowest BCUT2D eigenvalue weighted by molar-refractivity contribution is -0.141. The number of fused-ring (bicyclic) bond motifs is 1. The summed E-state index contributed by atoms with van der Waals surface area (Å²) in [6.07, 6.45) is 0.0711. The average molecular weight is 984 g/mol. The maximum atomic E-state index is 14.4. The molecule has 0 fully saturated rings. The second-order valence-corrected chi connectivity index (χ2v) is 17.3. The van der Waals surface area contributed by atoms with E-state index in [0.717, 1.165) is 10.4 Å². The molecule has 0 aliphatic carbocycles. The smallest absolute Gasteiger partial charge is 0.305 e. The minimum Gasteiger partial charge on any atom is -0.508 e. The second-order valence-electron chi connectivity index (χ2n) is 17.3. The first-order chi connectivity index (χ1) is 33.6. The van der Waals surface area contributed by atoms with Gasteiger partial charge in [0, 0.05) is 48.5 Å². The summed E-state index contributed by atoms with van der Waals surface area (Å²) in [7, 11) is 0. The van der Waals surface area contributed by atoms with Gasteiger partial charge in [0.15, 0.2) is 0 Å². The summed E-state index contributed by atoms with van der Waals surface area (Å²) in [6, 6.07) is 12.5. The molecule has 1 aromatic heterocycles. The molecule has 12 N–H and O–H groups in total. The van der Waals surface area contributed by atoms with Gasteiger partial charge in [-0.25, -0.2) is 0 Å². The third-order valence-corrected chi connectivity index (χ3v) is 11.2. The van der Waals surface area contributed by atoms with Gasteiger partial charge in [-0.1, -0.05) is 62.4 Å². The lowest BCUT2D eigenvalue weighted by Crippen LogP contribution is -2.60. The van der Waals surface area contributed by atoms with Crippen LogP contribution in [0.25, 0.3) is 10.9 Å². The summed E-state index contributed by atoms with van der Waals surface area (Å²) in [5.74, 6) is -9.60. The third-order valence-electron chi connectivity index (χ3n) is 11.2. The van der Waals surface area contributed by atoms with Gasteiger partial charge in [0.2, 0.25) is 41.4 Å². The highest BCUT2D eigenvalue weighted by atomic mass is 16.4. The fourth-order valence-electron chi connectivity index (χ4n) is 7.47. The molecule has 0 bridgehead atoms. The first-order valence-corrected chi connectivity index (χ1v) is 22.8. The number of aromatic nitrogens is 1. The van der Waals surface area contributed by atoms with Crippen LogP contribution in [0, 0.1) is 5.92 Å². The number of phenolic OH excluding ortho intramolecular Hbond substituents is 1. The lowest BCUT2D eigenvalue weighted by Gasteiger charge is -2.32. The number of benzene rings is 3. The summed E-state index contributed by atoms with van der Waals surface area (Å²) in [4.78, 5) is 135. The minimum absolute atomic E-state index is 0.0172. The molecule has 4 rings (SSSR count). The van der Waals surface area contributed by atoms with E-state index in [1.807, 2.05) is 0 Å². The molecule has 0 radical (unpaired) electrons. The molecule has 380 valence electrons. The number of nitrogens with one attached hydrogen (secondary N) is 7. The standard InChI is InChI=1S/C49H61N9O13/c1-27(2)21-36(47(69)57-39(24-43(64)65)49(71)58(29(4)44(50)66)32-11-6-5-7-12-32)56-48(70)38(23-31-25-51-35-14-9-8-13-34(31)35)54-41(61)26-52-46(68)37(22-30-17-19-33(59)20-18-30)55-45(67)28(3)53-40(60)15-10-16-42(62)63/h5-9,11-14,17-20,25,27-29,36-39,51,59H,10,15-16,21-24,26H2,1-4H3,(H2,50,66)(H,52,68)(H,53,60)(H,54,61)(H,55,67)(H,56,70)(H,57,69)(H,62,63)(H,64,65)/t28-,29-,36-,37-,38-,39-/m0/s1. The van der Waals surface area contributed by atoms with Crippen molar-refractivity contribution >= 4 is 75.8 Å². The van der Waals surface area contributed by atoms with Gasteiger partial charge >= 0.3 is 11.9 Å². The highest BCUT2D eigenvalue weighted by Crippen LogP contribution is 2.21. The largest absolute Gasteiger partial charge is 0.508 e. The predicted octanol–water partition coefficient (Wildman–Crippen LogP) is 0.902. The van der Waals surface area contributed by atoms with Crippen molar-refractivity contribution in [2.75, 3.05) is 11.4 Å². The molecule has 71 heavy (non-hydrogen) atoms. The molecule has 0 aliphatic heterocycles. The number of anilines is 1. The third kappa shape index (κ3) is 17.3. The number of carboxylic acids is 2. The fourth-order valence-corrected chi connectivity index (χ4v) is 7.47. The number of phenols is 1. The van der Waals surface area contributed by atoms with Crippen molar-refractivity contribution in [2.24, 2.45) is 11.7 Å². The van der Waals surface area contributed by atoms with Gasteiger partial charge < -0.3 is 57.9 Å². The summed E-state index contributed by atoms with van der Waals surface area (Å²) in [5, 5.41) is 44.4. The summed E-state index contributed by atoms with van der Waals surface area (Å²) >= 11 is 0. The van der Waals surface area contributed by atoms with Crippen molar-refractivity contribution in [2.45, 2.75) is 109 Å². The number of hydrogen-bond acceptors (Lipinski definition) is 11. The quantitative estimate of drug-likeness (QED) is 0.0396. The van der Waals surface area contributed by atoms with E-state index in [0.29, 0.717) is 16.5 Å². The first kappa shape index (κ1) is 55.3. The molecule has 0 saturated carbocycles. The van der Waals surface area contributed by atoms with Crippen LogP contribution in [0.4, 0.5) is 5.69 Å². The second kappa shape index (κ2) is 26.5. The summed E-state index contributed by atoms with van der Waals surface area (Å²) < 4.78 is 0. The number of H-pyrrole nitrogens is 1. The molecule has 0 aliphatic rings. The highest BCUT2D eigenvalue weighted by Gasteiger charge is 2.36. The molecular weight excluding hydrogens is 923 g/mol. The van der Waals surface area contributed by atoms with Gasteiger partial charge in [0.25, 0.3) is 5.91 Å². The maximum absolute atomic E-state index is 14.4. The number of aromatic hydroxyl groups is 1. The number of carboxylic acid groups (broad SMARTS) is 2. The Morgan fingerprint density at radius 2 is 1.24 bits per heavy atom. The number of rotatable bonds is 27. The van der Waals surface area contributed by atoms with Crippen molar-refractivity contribution < 1.29 is 63.3 Å². The van der Waals surface area contributed by atoms with E-state index in [1.165, 1.54) is 50.2 Å². The van der Waals surface area contributed by atoms with Gasteiger partial charge in [-0.3, -0.25) is 52.8 Å². The number of para-hydroxylation sites is 2. The zero-order valence-corrected chi connectivity index (χ0v) is 39.7. The van der Waals surface area contributed by atoms with Crippen LogP contribution in [0.5, 0.6) is 5.75 Å². The first-order valence-electron chi connectivity index (χ1n) is 22.8. The summed E-state index contributed by atoms with van der Waals surface area (Å²) in [6.45, 7) is 5.50. The van der Waals surface area contributed by atoms with Crippen LogP contribution in [0.15, 0.2) is 85.1 Å². The topological polar surface area (TPSA) is 349 Å². The van der Waals surface area contributed by atoms with Crippen LogP contribution >= 0.6 is 0 Å². The highest BCUT2D eigenvalue weighted by molar-refractivity contribution is 6.06. The maximum Gasteiger partial charge on any atom is 0.305 e. The normalized spacial score (nSPS) is 13.5. The average Bonchev–Trinajstić information content (AvgIpc) is 3.72. The van der Waals surface area contributed by atoms with E-state index in [2.05, 4.69) is 36.9 Å². The number of nitrogens with zero attached hydrogens (tertiary/aromatic N) is 1. The Morgan fingerprint density at radius 3 is 1.87 bits per heavy atom. The van der Waals surface area contributed by atoms with Crippen molar-refractivity contribution in [3.8, 4) is 5.75 Å². The molecule has 8 amide bonds. The van der Waals surface area contributed by atoms with Crippen molar-refractivity contribution in [3.05, 3.63) is 96.2 Å². The minimum atomic E-state index is -1.74. The number of nitrogens with two attached hydrogens (primary N) is 1. The monoisotopic (exact) mass is 983 g/mol. The number of amides is 8. The number of hydrogen-bond donors (Lipinski definition) is 11. The Morgan fingerprint density at radius 1 is 0.634 bits per heavy atom. The van der Waals surface area contributed by atoms with Crippen LogP contribution in [0.2, 0.25) is 0 Å². The van der Waals surface area contributed by atoms with E-state index >= 15 is 0 Å². The van der Waals surface area contributed by atoms with E-state index in [4.69, 9.17) is 10.8 Å². The number of carbonyl (C=O) groups excluding carboxylic acids is 8. The molecule has 22 nitrogen and oxygen atoms in total. The van der Waals surface area contributed by atoms with Crippen molar-refractivity contribution in [3.63, 3.8) is 0 Å². The van der Waals surface area contributed by atoms with Crippen molar-refractivity contribution in [1.29, 1.82) is 0 Å². The van der Waals surface area contributed by atoms with Crippen LogP contribution in [-0.4, -0.2) is 122 Å². The van der Waals surface area contributed by atoms with Gasteiger partial charge in [0.1, 0.15) is 42.0 Å². The molecule has 6 atom stereocenters. The predicted molar refractivity (Wildman–Crippen MR) is 258 cm³/mol. The number of carbonyl (C=O) groups is 10. The molecule has 4 aromatic rings. The number of primary amides is 1. The lowest BCUT2D eigenvalue weighted by atomic mass is 10.00. The van der Waals surface area contributed by atoms with Crippen LogP contribution < -0.4 is 42.5 Å². The van der Waals surface area contributed by atoms with Gasteiger partial charge in [-0.15, -0.1) is 0 Å². The molecule has 0 saturated heterocycles. The Hall–Kier alpha value is -8.30. The molecule has 22 heteroatoms. The van der Waals surface area contributed by atoms with Crippen LogP contribution in [0.3, 0.4) is 0 Å². The molecule has 0 unspecified atom stereocenters. The Kier molecular flexibility index (Phi) is 20.6. The zero-order chi connectivity index (χ0) is 52.4. The Balaban J connectivity index is 1.56. The van der Waals surface area contributed by atoms with Crippen molar-refractivity contribution in [1.82, 2.24) is 36.9 Å². The van der Waals surface area contributed by atoms with E-state index in [-0.39, 0.29) is 55.9 Å². The Bertz CT molecular complexity index is 2550. The van der Waals surface area contributed by atoms with E-state index < -0.39 is 108 Å². The van der Waals surface area contributed by atoms with E-state index in [9.17, 15) is 58.2 Å². The summed E-state index contributed by atoms with van der Waals surface area (Å²) in [5.41, 5.74) is 7.58. The zero-order valence-electron chi connectivity index (χ0n) is 39.7. The Labute approximate surface area is 408 Å². The SMILES string of the molecule is CC(C)C[C@H](NC(=O)[C@H](Cc1c[nH]c2ccccc12)NC(=O)CNC(=O)[C@H](Cc1ccc(O)cc1)NC(=O)[C@H](C)NC(=O)CCCC(=O)O)C(=O)N[C@@H](CC(=O)O)C(=O)N(c1ccccc1)[C@@H](C)C(N)=O. The molecular formula is C49H61N9O13. The van der Waals surface area contributed by atoms with Crippen LogP contribution in [0.1, 0.15) is 70.9 Å². The molecule has 3 aromatic carbocycles. The molecule has 1 heterocycles.